The summed E-state index contributed by atoms with van der Waals surface area (Å²) >= 11 is 1.81. The molecule has 0 atom stereocenters. The van der Waals surface area contributed by atoms with Crippen molar-refractivity contribution in [2.45, 2.75) is 38.6 Å². The standard InChI is InChI=1S/C21H30N4O2S.HI/c1-5-22-20(25-15-21(2,3)28-4)24-13-16-8-6-9-17(12-16)19(26)23-14-18-10-7-11-27-18;/h6-12H,5,13-15H2,1-4H3,(H,23,26)(H2,22,24,25);1H. The number of aliphatic imine (C=N–C) groups is 1. The molecule has 0 aliphatic carbocycles. The molecule has 2 rings (SSSR count). The lowest BCUT2D eigenvalue weighted by Gasteiger charge is -2.23. The average molecular weight is 530 g/mol. The molecule has 8 heteroatoms. The molecule has 1 heterocycles. The smallest absolute Gasteiger partial charge is 0.251 e. The quantitative estimate of drug-likeness (QED) is 0.259. The molecule has 1 aromatic carbocycles. The number of halogens is 1. The van der Waals surface area contributed by atoms with E-state index in [9.17, 15) is 4.79 Å². The Morgan fingerprint density at radius 1 is 1.17 bits per heavy atom. The fourth-order valence-electron chi connectivity index (χ4n) is 2.37. The first kappa shape index (κ1) is 25.4. The molecule has 1 amide bonds. The van der Waals surface area contributed by atoms with E-state index in [0.717, 1.165) is 30.4 Å². The number of nitrogens with zero attached hydrogens (tertiary/aromatic N) is 1. The van der Waals surface area contributed by atoms with Gasteiger partial charge >= 0.3 is 0 Å². The van der Waals surface area contributed by atoms with Crippen molar-refractivity contribution >= 4 is 47.6 Å². The van der Waals surface area contributed by atoms with E-state index < -0.39 is 0 Å². The Labute approximate surface area is 194 Å². The summed E-state index contributed by atoms with van der Waals surface area (Å²) in [6.45, 7) is 8.90. The average Bonchev–Trinajstić information content (AvgIpc) is 3.22. The fraction of sp³-hybridized carbons (Fsp3) is 0.429. The predicted molar refractivity (Wildman–Crippen MR) is 132 cm³/mol. The molecule has 0 unspecified atom stereocenters. The van der Waals surface area contributed by atoms with Gasteiger partial charge in [0.25, 0.3) is 5.91 Å². The molecule has 0 spiro atoms. The number of furan rings is 1. The molecule has 0 radical (unpaired) electrons. The predicted octanol–water partition coefficient (Wildman–Crippen LogP) is 4.02. The minimum atomic E-state index is -0.131. The van der Waals surface area contributed by atoms with Crippen molar-refractivity contribution in [1.82, 2.24) is 16.0 Å². The number of carbonyl (C=O) groups excluding carboxylic acids is 1. The summed E-state index contributed by atoms with van der Waals surface area (Å²) in [6.07, 6.45) is 3.70. The number of guanidine groups is 1. The first-order chi connectivity index (χ1) is 13.4. The number of amides is 1. The number of hydrogen-bond donors (Lipinski definition) is 3. The Balaban J connectivity index is 0.00000420. The minimum Gasteiger partial charge on any atom is -0.467 e. The van der Waals surface area contributed by atoms with Crippen LogP contribution in [0.2, 0.25) is 0 Å². The van der Waals surface area contributed by atoms with E-state index in [1.807, 2.05) is 43.0 Å². The topological polar surface area (TPSA) is 78.7 Å². The Kier molecular flexibility index (Phi) is 11.2. The van der Waals surface area contributed by atoms with Gasteiger partial charge in [-0.25, -0.2) is 4.99 Å². The molecular formula is C21H31IN4O2S. The van der Waals surface area contributed by atoms with Crippen LogP contribution in [0.3, 0.4) is 0 Å². The first-order valence-corrected chi connectivity index (χ1v) is 10.6. The molecule has 0 saturated heterocycles. The van der Waals surface area contributed by atoms with Gasteiger partial charge in [-0.2, -0.15) is 11.8 Å². The third kappa shape index (κ3) is 9.12. The number of thioether (sulfide) groups is 1. The number of nitrogens with one attached hydrogen (secondary N) is 3. The zero-order chi connectivity index (χ0) is 20.4. The van der Waals surface area contributed by atoms with Crippen LogP contribution >= 0.6 is 35.7 Å². The van der Waals surface area contributed by atoms with Crippen molar-refractivity contribution in [1.29, 1.82) is 0 Å². The van der Waals surface area contributed by atoms with Crippen molar-refractivity contribution in [2.75, 3.05) is 19.3 Å². The van der Waals surface area contributed by atoms with Crippen molar-refractivity contribution in [3.05, 3.63) is 59.5 Å². The second kappa shape index (κ2) is 12.8. The molecule has 0 saturated carbocycles. The number of hydrogen-bond acceptors (Lipinski definition) is 4. The van der Waals surface area contributed by atoms with Gasteiger partial charge in [0.05, 0.1) is 19.4 Å². The lowest BCUT2D eigenvalue weighted by atomic mass is 10.1. The monoisotopic (exact) mass is 530 g/mol. The fourth-order valence-corrected chi connectivity index (χ4v) is 2.59. The molecule has 0 bridgehead atoms. The lowest BCUT2D eigenvalue weighted by Crippen LogP contribution is -2.43. The SMILES string of the molecule is CCNC(=NCc1cccc(C(=O)NCc2ccco2)c1)NCC(C)(C)SC.I. The van der Waals surface area contributed by atoms with Gasteiger partial charge in [0.2, 0.25) is 0 Å². The number of benzene rings is 1. The highest BCUT2D eigenvalue weighted by atomic mass is 127. The van der Waals surface area contributed by atoms with Crippen molar-refractivity contribution in [3.63, 3.8) is 0 Å². The minimum absolute atomic E-state index is 0. The van der Waals surface area contributed by atoms with Crippen LogP contribution in [0.25, 0.3) is 0 Å². The highest BCUT2D eigenvalue weighted by Gasteiger charge is 2.16. The lowest BCUT2D eigenvalue weighted by molar-refractivity contribution is 0.0948. The third-order valence-corrected chi connectivity index (χ3v) is 5.44. The Morgan fingerprint density at radius 2 is 1.97 bits per heavy atom. The molecular weight excluding hydrogens is 499 g/mol. The molecule has 0 aliphatic rings. The molecule has 6 nitrogen and oxygen atoms in total. The molecule has 1 aromatic heterocycles. The van der Waals surface area contributed by atoms with E-state index in [1.54, 1.807) is 18.4 Å². The van der Waals surface area contributed by atoms with Crippen LogP contribution < -0.4 is 16.0 Å². The summed E-state index contributed by atoms with van der Waals surface area (Å²) in [6, 6.07) is 11.2. The van der Waals surface area contributed by atoms with E-state index in [2.05, 4.69) is 41.0 Å². The van der Waals surface area contributed by atoms with Gasteiger partial charge in [0.1, 0.15) is 5.76 Å². The molecule has 29 heavy (non-hydrogen) atoms. The molecule has 0 fully saturated rings. The summed E-state index contributed by atoms with van der Waals surface area (Å²) in [5.41, 5.74) is 1.59. The van der Waals surface area contributed by atoms with Crippen molar-refractivity contribution in [2.24, 2.45) is 4.99 Å². The van der Waals surface area contributed by atoms with Gasteiger partial charge in [0.15, 0.2) is 5.96 Å². The highest BCUT2D eigenvalue weighted by Crippen LogP contribution is 2.19. The molecule has 2 aromatic rings. The summed E-state index contributed by atoms with van der Waals surface area (Å²) in [5.74, 6) is 1.37. The van der Waals surface area contributed by atoms with Gasteiger partial charge in [0, 0.05) is 23.4 Å². The second-order valence-corrected chi connectivity index (χ2v) is 8.49. The Morgan fingerprint density at radius 3 is 2.62 bits per heavy atom. The largest absolute Gasteiger partial charge is 0.467 e. The van der Waals surface area contributed by atoms with Gasteiger partial charge in [-0.15, -0.1) is 24.0 Å². The molecule has 3 N–H and O–H groups in total. The van der Waals surface area contributed by atoms with E-state index in [0.29, 0.717) is 18.7 Å². The maximum atomic E-state index is 12.4. The van der Waals surface area contributed by atoms with Crippen molar-refractivity contribution in [3.8, 4) is 0 Å². The Hall–Kier alpha value is -1.68. The maximum Gasteiger partial charge on any atom is 0.251 e. The van der Waals surface area contributed by atoms with Gasteiger partial charge in [-0.05, 0) is 56.9 Å². The molecule has 0 aliphatic heterocycles. The Bertz CT molecular complexity index is 779. The number of carbonyl (C=O) groups is 1. The summed E-state index contributed by atoms with van der Waals surface area (Å²) < 4.78 is 5.37. The van der Waals surface area contributed by atoms with Crippen LogP contribution in [0.4, 0.5) is 0 Å². The van der Waals surface area contributed by atoms with Crippen molar-refractivity contribution < 1.29 is 9.21 Å². The van der Waals surface area contributed by atoms with Gasteiger partial charge in [-0.3, -0.25) is 4.79 Å². The zero-order valence-electron chi connectivity index (χ0n) is 17.5. The zero-order valence-corrected chi connectivity index (χ0v) is 20.6. The van der Waals surface area contributed by atoms with Crippen LogP contribution in [0.5, 0.6) is 0 Å². The van der Waals surface area contributed by atoms with E-state index >= 15 is 0 Å². The van der Waals surface area contributed by atoms with Crippen LogP contribution in [-0.4, -0.2) is 36.0 Å². The van der Waals surface area contributed by atoms with Gasteiger partial charge in [-0.1, -0.05) is 12.1 Å². The van der Waals surface area contributed by atoms with Crippen LogP contribution in [0, 0.1) is 0 Å². The maximum absolute atomic E-state index is 12.4. The van der Waals surface area contributed by atoms with E-state index in [4.69, 9.17) is 4.42 Å². The van der Waals surface area contributed by atoms with Gasteiger partial charge < -0.3 is 20.4 Å². The van der Waals surface area contributed by atoms with E-state index in [-0.39, 0.29) is 34.6 Å². The first-order valence-electron chi connectivity index (χ1n) is 9.40. The summed E-state index contributed by atoms with van der Waals surface area (Å²) in [4.78, 5) is 17.0. The number of rotatable bonds is 9. The van der Waals surface area contributed by atoms with Crippen LogP contribution in [0.1, 0.15) is 42.5 Å². The normalized spacial score (nSPS) is 11.5. The highest BCUT2D eigenvalue weighted by molar-refractivity contribution is 14.0. The summed E-state index contributed by atoms with van der Waals surface area (Å²) in [5, 5.41) is 9.51. The molecule has 160 valence electrons. The van der Waals surface area contributed by atoms with E-state index in [1.165, 1.54) is 0 Å². The second-order valence-electron chi connectivity index (χ2n) is 6.97. The van der Waals surface area contributed by atoms with Crippen LogP contribution in [0.15, 0.2) is 52.1 Å². The van der Waals surface area contributed by atoms with Crippen LogP contribution in [-0.2, 0) is 13.1 Å². The summed E-state index contributed by atoms with van der Waals surface area (Å²) in [7, 11) is 0. The third-order valence-electron chi connectivity index (χ3n) is 4.19.